The van der Waals surface area contributed by atoms with E-state index in [1.54, 1.807) is 0 Å². The Morgan fingerprint density at radius 2 is 2.27 bits per heavy atom. The lowest BCUT2D eigenvalue weighted by atomic mass is 10.1. The van der Waals surface area contributed by atoms with Gasteiger partial charge < -0.3 is 5.32 Å². The maximum Gasteiger partial charge on any atom is 0.157 e. The number of nitrogens with one attached hydrogen (secondary N) is 1. The molecule has 0 aromatic carbocycles. The van der Waals surface area contributed by atoms with Gasteiger partial charge in [-0.2, -0.15) is 11.8 Å². The molecular formula is C11H22N2S2. The second kappa shape index (κ2) is 6.69. The molecule has 0 aliphatic carbocycles. The molecule has 2 atom stereocenters. The normalized spacial score (nSPS) is 23.0. The van der Waals surface area contributed by atoms with E-state index in [1.165, 1.54) is 12.2 Å². The molecule has 1 N–H and O–H groups in total. The first-order chi connectivity index (χ1) is 7.13. The Bertz CT molecular complexity index is 217. The number of hydrogen-bond acceptors (Lipinski definition) is 4. The molecule has 15 heavy (non-hydrogen) atoms. The van der Waals surface area contributed by atoms with Crippen molar-refractivity contribution in [3.8, 4) is 0 Å². The summed E-state index contributed by atoms with van der Waals surface area (Å²) in [4.78, 5) is 4.70. The zero-order chi connectivity index (χ0) is 11.3. The van der Waals surface area contributed by atoms with Gasteiger partial charge in [-0.05, 0) is 31.3 Å². The number of rotatable bonds is 5. The number of aliphatic imine (C=N–C) groups is 1. The SMILES string of the molecule is CSCCC(C)NC1=NC(C(C)C)CS1. The molecule has 1 aliphatic rings. The van der Waals surface area contributed by atoms with Crippen LogP contribution in [0.5, 0.6) is 0 Å². The number of nitrogens with zero attached hydrogens (tertiary/aromatic N) is 1. The second-order valence-electron chi connectivity index (χ2n) is 4.38. The summed E-state index contributed by atoms with van der Waals surface area (Å²) in [7, 11) is 0. The summed E-state index contributed by atoms with van der Waals surface area (Å²) in [5.41, 5.74) is 0. The number of hydrogen-bond donors (Lipinski definition) is 1. The summed E-state index contributed by atoms with van der Waals surface area (Å²) < 4.78 is 0. The first-order valence-electron chi connectivity index (χ1n) is 5.59. The van der Waals surface area contributed by atoms with E-state index in [0.717, 1.165) is 10.9 Å². The van der Waals surface area contributed by atoms with Crippen LogP contribution in [0.2, 0.25) is 0 Å². The fourth-order valence-electron chi connectivity index (χ4n) is 1.39. The quantitative estimate of drug-likeness (QED) is 0.807. The smallest absolute Gasteiger partial charge is 0.157 e. The van der Waals surface area contributed by atoms with Crippen LogP contribution in [-0.4, -0.2) is 35.0 Å². The molecule has 1 heterocycles. The molecule has 2 unspecified atom stereocenters. The van der Waals surface area contributed by atoms with Crippen LogP contribution in [0.3, 0.4) is 0 Å². The summed E-state index contributed by atoms with van der Waals surface area (Å²) in [5.74, 6) is 3.04. The van der Waals surface area contributed by atoms with E-state index in [-0.39, 0.29) is 0 Å². The molecule has 88 valence electrons. The molecule has 0 fully saturated rings. The minimum Gasteiger partial charge on any atom is -0.362 e. The highest BCUT2D eigenvalue weighted by Gasteiger charge is 2.21. The van der Waals surface area contributed by atoms with Gasteiger partial charge >= 0.3 is 0 Å². The van der Waals surface area contributed by atoms with Crippen molar-refractivity contribution >= 4 is 28.7 Å². The Kier molecular flexibility index (Phi) is 5.90. The van der Waals surface area contributed by atoms with Crippen molar-refractivity contribution in [2.75, 3.05) is 17.8 Å². The van der Waals surface area contributed by atoms with Crippen LogP contribution in [0.25, 0.3) is 0 Å². The summed E-state index contributed by atoms with van der Waals surface area (Å²) in [6, 6.07) is 1.07. The lowest BCUT2D eigenvalue weighted by molar-refractivity contribution is 0.540. The van der Waals surface area contributed by atoms with Gasteiger partial charge in [0.2, 0.25) is 0 Å². The predicted molar refractivity (Wildman–Crippen MR) is 74.1 cm³/mol. The van der Waals surface area contributed by atoms with Gasteiger partial charge in [-0.1, -0.05) is 25.6 Å². The average molecular weight is 246 g/mol. The Balaban J connectivity index is 2.30. The highest BCUT2D eigenvalue weighted by atomic mass is 32.2. The third-order valence-corrected chi connectivity index (χ3v) is 4.22. The van der Waals surface area contributed by atoms with Crippen molar-refractivity contribution in [3.05, 3.63) is 0 Å². The van der Waals surface area contributed by atoms with Gasteiger partial charge in [0.1, 0.15) is 0 Å². The van der Waals surface area contributed by atoms with Gasteiger partial charge in [-0.3, -0.25) is 4.99 Å². The molecule has 4 heteroatoms. The molecule has 0 radical (unpaired) electrons. The maximum absolute atomic E-state index is 4.70. The first-order valence-corrected chi connectivity index (χ1v) is 7.97. The second-order valence-corrected chi connectivity index (χ2v) is 6.38. The third kappa shape index (κ3) is 4.68. The molecule has 1 rings (SSSR count). The fraction of sp³-hybridized carbons (Fsp3) is 0.909. The Hall–Kier alpha value is 0.170. The highest BCUT2D eigenvalue weighted by molar-refractivity contribution is 8.14. The van der Waals surface area contributed by atoms with Gasteiger partial charge in [0.25, 0.3) is 0 Å². The Labute approximate surface area is 102 Å². The molecule has 0 aromatic heterocycles. The van der Waals surface area contributed by atoms with E-state index in [1.807, 2.05) is 23.5 Å². The van der Waals surface area contributed by atoms with Crippen molar-refractivity contribution in [2.45, 2.75) is 39.3 Å². The van der Waals surface area contributed by atoms with Gasteiger partial charge in [0, 0.05) is 11.8 Å². The maximum atomic E-state index is 4.70. The summed E-state index contributed by atoms with van der Waals surface area (Å²) in [5, 5.41) is 4.65. The summed E-state index contributed by atoms with van der Waals surface area (Å²) >= 11 is 3.78. The van der Waals surface area contributed by atoms with Crippen molar-refractivity contribution in [1.82, 2.24) is 5.32 Å². The van der Waals surface area contributed by atoms with Gasteiger partial charge in [0.15, 0.2) is 5.17 Å². The van der Waals surface area contributed by atoms with E-state index in [2.05, 4.69) is 32.3 Å². The van der Waals surface area contributed by atoms with E-state index in [4.69, 9.17) is 4.99 Å². The van der Waals surface area contributed by atoms with Gasteiger partial charge in [-0.25, -0.2) is 0 Å². The molecule has 0 spiro atoms. The van der Waals surface area contributed by atoms with E-state index >= 15 is 0 Å². The van der Waals surface area contributed by atoms with Crippen LogP contribution in [0, 0.1) is 5.92 Å². The lowest BCUT2D eigenvalue weighted by Crippen LogP contribution is -2.30. The topological polar surface area (TPSA) is 24.4 Å². The minimum absolute atomic E-state index is 0.519. The molecule has 0 saturated carbocycles. The van der Waals surface area contributed by atoms with Crippen LogP contribution in [0.1, 0.15) is 27.2 Å². The summed E-state index contributed by atoms with van der Waals surface area (Å²) in [6.07, 6.45) is 3.37. The number of thioether (sulfide) groups is 2. The minimum atomic E-state index is 0.519. The standard InChI is InChI=1S/C11H22N2S2/c1-8(2)10-7-15-11(13-10)12-9(3)5-6-14-4/h8-10H,5-7H2,1-4H3,(H,12,13). The van der Waals surface area contributed by atoms with Crippen LogP contribution in [-0.2, 0) is 0 Å². The van der Waals surface area contributed by atoms with Crippen molar-refractivity contribution < 1.29 is 0 Å². The zero-order valence-electron chi connectivity index (χ0n) is 10.1. The van der Waals surface area contributed by atoms with Crippen molar-refractivity contribution in [2.24, 2.45) is 10.9 Å². The number of amidine groups is 1. The molecule has 0 aromatic rings. The predicted octanol–water partition coefficient (Wildman–Crippen LogP) is 2.85. The van der Waals surface area contributed by atoms with Gasteiger partial charge in [0.05, 0.1) is 6.04 Å². The molecular weight excluding hydrogens is 224 g/mol. The van der Waals surface area contributed by atoms with Crippen LogP contribution >= 0.6 is 23.5 Å². The molecule has 2 nitrogen and oxygen atoms in total. The van der Waals surface area contributed by atoms with Crippen LogP contribution in [0.4, 0.5) is 0 Å². The van der Waals surface area contributed by atoms with Crippen LogP contribution < -0.4 is 5.32 Å². The molecule has 1 aliphatic heterocycles. The Morgan fingerprint density at radius 3 is 2.80 bits per heavy atom. The molecule has 0 bridgehead atoms. The van der Waals surface area contributed by atoms with Gasteiger partial charge in [-0.15, -0.1) is 0 Å². The van der Waals surface area contributed by atoms with E-state index in [0.29, 0.717) is 18.0 Å². The molecule has 0 amide bonds. The monoisotopic (exact) mass is 246 g/mol. The first kappa shape index (κ1) is 13.2. The third-order valence-electron chi connectivity index (χ3n) is 2.57. The summed E-state index contributed by atoms with van der Waals surface area (Å²) in [6.45, 7) is 6.73. The lowest BCUT2D eigenvalue weighted by Gasteiger charge is -2.13. The zero-order valence-corrected chi connectivity index (χ0v) is 11.8. The Morgan fingerprint density at radius 1 is 1.53 bits per heavy atom. The molecule has 0 saturated heterocycles. The van der Waals surface area contributed by atoms with Crippen LogP contribution in [0.15, 0.2) is 4.99 Å². The highest BCUT2D eigenvalue weighted by Crippen LogP contribution is 2.22. The van der Waals surface area contributed by atoms with Crippen molar-refractivity contribution in [3.63, 3.8) is 0 Å². The van der Waals surface area contributed by atoms with E-state index in [9.17, 15) is 0 Å². The van der Waals surface area contributed by atoms with Crippen molar-refractivity contribution in [1.29, 1.82) is 0 Å². The fourth-order valence-corrected chi connectivity index (χ4v) is 3.26. The van der Waals surface area contributed by atoms with E-state index < -0.39 is 0 Å². The largest absolute Gasteiger partial charge is 0.362 e. The average Bonchev–Trinajstić information content (AvgIpc) is 2.63.